The maximum Gasteiger partial charge on any atom is 0.252 e. The zero-order chi connectivity index (χ0) is 29.2. The number of amides is 1. The Bertz CT molecular complexity index is 1640. The van der Waals surface area contributed by atoms with Crippen LogP contribution < -0.4 is 5.73 Å². The summed E-state index contributed by atoms with van der Waals surface area (Å²) >= 11 is 0. The molecule has 11 nitrogen and oxygen atoms in total. The molecule has 2 fully saturated rings. The van der Waals surface area contributed by atoms with Gasteiger partial charge >= 0.3 is 0 Å². The fraction of sp³-hybridized carbons (Fsp3) is 0.370. The van der Waals surface area contributed by atoms with Gasteiger partial charge in [-0.2, -0.15) is 0 Å². The highest BCUT2D eigenvalue weighted by molar-refractivity contribution is 6.07. The fourth-order valence-electron chi connectivity index (χ4n) is 6.02. The van der Waals surface area contributed by atoms with Gasteiger partial charge in [-0.1, -0.05) is 17.3 Å². The van der Waals surface area contributed by atoms with Gasteiger partial charge in [-0.25, -0.2) is 17.9 Å². The Kier molecular flexibility index (Phi) is 6.62. The molecule has 0 bridgehead atoms. The van der Waals surface area contributed by atoms with Gasteiger partial charge in [0.2, 0.25) is 5.79 Å². The van der Waals surface area contributed by atoms with Crippen LogP contribution in [0.15, 0.2) is 40.9 Å². The van der Waals surface area contributed by atoms with Crippen LogP contribution in [0, 0.1) is 24.4 Å². The molecule has 216 valence electrons. The van der Waals surface area contributed by atoms with Crippen LogP contribution in [0.2, 0.25) is 0 Å². The number of aromatic nitrogens is 3. The van der Waals surface area contributed by atoms with Crippen molar-refractivity contribution in [2.75, 3.05) is 13.2 Å². The van der Waals surface area contributed by atoms with E-state index in [2.05, 4.69) is 10.3 Å². The van der Waals surface area contributed by atoms with Gasteiger partial charge in [0.05, 0.1) is 25.0 Å². The highest BCUT2D eigenvalue weighted by Gasteiger charge is 2.62. The zero-order valence-corrected chi connectivity index (χ0v) is 21.5. The van der Waals surface area contributed by atoms with Crippen LogP contribution in [0.5, 0.6) is 0 Å². The van der Waals surface area contributed by atoms with Crippen LogP contribution in [0.4, 0.5) is 13.2 Å². The molecule has 5 N–H and O–H groups in total. The van der Waals surface area contributed by atoms with Gasteiger partial charge in [-0.3, -0.25) is 4.79 Å². The van der Waals surface area contributed by atoms with E-state index in [1.165, 1.54) is 6.20 Å². The van der Waals surface area contributed by atoms with Crippen molar-refractivity contribution in [1.29, 1.82) is 0 Å². The molecule has 6 atom stereocenters. The largest absolute Gasteiger partial charge is 0.461 e. The SMILES string of the molecule is Cc1oc2cccc([C@H]3CCO[C@]34O[C@H](CO)[C@H](O)[C@H](n3cc(-c5cc(F)c(F)c(F)c5)nn3)[C@H]4O)c2c1C(N)=O. The predicted molar refractivity (Wildman–Crippen MR) is 134 cm³/mol. The van der Waals surface area contributed by atoms with E-state index in [9.17, 15) is 33.3 Å². The number of ether oxygens (including phenoxy) is 2. The molecule has 0 saturated carbocycles. The molecule has 6 rings (SSSR count). The molecule has 1 spiro atoms. The normalized spacial score (nSPS) is 28.1. The molecule has 2 aromatic carbocycles. The van der Waals surface area contributed by atoms with Gasteiger partial charge in [0.15, 0.2) is 17.5 Å². The lowest BCUT2D eigenvalue weighted by Gasteiger charge is -2.50. The Morgan fingerprint density at radius 1 is 1.22 bits per heavy atom. The number of carbonyl (C=O) groups excluding carboxylic acids is 1. The number of halogens is 3. The second-order valence-electron chi connectivity index (χ2n) is 10.1. The van der Waals surface area contributed by atoms with Gasteiger partial charge in [0.1, 0.15) is 41.4 Å². The van der Waals surface area contributed by atoms with Crippen molar-refractivity contribution in [2.24, 2.45) is 5.73 Å². The summed E-state index contributed by atoms with van der Waals surface area (Å²) in [6, 6.07) is 5.25. The first-order valence-corrected chi connectivity index (χ1v) is 12.7. The number of nitrogens with two attached hydrogens (primary N) is 1. The Hall–Kier alpha value is -3.82. The number of primary amides is 1. The number of aliphatic hydroxyl groups is 3. The maximum absolute atomic E-state index is 13.9. The Morgan fingerprint density at radius 2 is 1.95 bits per heavy atom. The van der Waals surface area contributed by atoms with Gasteiger partial charge in [0.25, 0.3) is 5.91 Å². The molecule has 2 aliphatic heterocycles. The van der Waals surface area contributed by atoms with E-state index >= 15 is 0 Å². The van der Waals surface area contributed by atoms with Crippen molar-refractivity contribution >= 4 is 16.9 Å². The summed E-state index contributed by atoms with van der Waals surface area (Å²) in [7, 11) is 0. The van der Waals surface area contributed by atoms with Crippen LogP contribution in [-0.2, 0) is 9.47 Å². The van der Waals surface area contributed by atoms with Gasteiger partial charge in [-0.15, -0.1) is 5.10 Å². The predicted octanol–water partition coefficient (Wildman–Crippen LogP) is 2.07. The molecule has 4 heterocycles. The third-order valence-electron chi connectivity index (χ3n) is 7.84. The summed E-state index contributed by atoms with van der Waals surface area (Å²) in [5.74, 6) is -7.48. The molecule has 4 aromatic rings. The molecule has 2 aliphatic rings. The Labute approximate surface area is 229 Å². The van der Waals surface area contributed by atoms with Gasteiger partial charge in [-0.05, 0) is 37.1 Å². The second-order valence-corrected chi connectivity index (χ2v) is 10.1. The van der Waals surface area contributed by atoms with Gasteiger partial charge in [0, 0.05) is 16.9 Å². The lowest BCUT2D eigenvalue weighted by molar-refractivity contribution is -0.344. The molecule has 0 unspecified atom stereocenters. The van der Waals surface area contributed by atoms with Crippen molar-refractivity contribution in [3.8, 4) is 11.3 Å². The molecule has 2 saturated heterocycles. The van der Waals surface area contributed by atoms with E-state index in [0.29, 0.717) is 28.7 Å². The average molecular weight is 575 g/mol. The standard InChI is InChI=1S/C27H25F3N4O7/c1-11-20(26(31)38)21-13(3-2-4-18(21)40-11)14-5-6-39-27(14)25(37)23(24(36)19(10-35)41-27)34-9-17(32-33-34)12-7-15(28)22(30)16(29)8-12/h2-4,7-9,14,19,23-25,35-37H,5-6,10H2,1H3,(H2,31,38)/t14-,19-,23+,24+,25-,27+/m1/s1. The molecule has 0 aliphatic carbocycles. The maximum atomic E-state index is 13.9. The topological polar surface area (TPSA) is 166 Å². The van der Waals surface area contributed by atoms with Crippen LogP contribution in [0.25, 0.3) is 22.2 Å². The lowest BCUT2D eigenvalue weighted by Crippen LogP contribution is -2.64. The van der Waals surface area contributed by atoms with E-state index in [1.807, 2.05) is 0 Å². The van der Waals surface area contributed by atoms with E-state index < -0.39 is 66.0 Å². The molecular weight excluding hydrogens is 549 g/mol. The minimum atomic E-state index is -1.84. The Balaban J connectivity index is 1.45. The monoisotopic (exact) mass is 574 g/mol. The summed E-state index contributed by atoms with van der Waals surface area (Å²) in [6.07, 6.45) is -2.90. The van der Waals surface area contributed by atoms with E-state index in [4.69, 9.17) is 19.6 Å². The smallest absolute Gasteiger partial charge is 0.252 e. The summed E-state index contributed by atoms with van der Waals surface area (Å²) in [5.41, 5.74) is 6.55. The van der Waals surface area contributed by atoms with Crippen LogP contribution in [0.3, 0.4) is 0 Å². The van der Waals surface area contributed by atoms with Crippen molar-refractivity contribution in [3.05, 3.63) is 70.9 Å². The number of aryl methyl sites for hydroxylation is 1. The van der Waals surface area contributed by atoms with E-state index in [1.54, 1.807) is 25.1 Å². The number of nitrogens with zero attached hydrogens (tertiary/aromatic N) is 3. The van der Waals surface area contributed by atoms with E-state index in [-0.39, 0.29) is 23.4 Å². The lowest BCUT2D eigenvalue weighted by atomic mass is 9.78. The fourth-order valence-corrected chi connectivity index (χ4v) is 6.02. The molecule has 14 heteroatoms. The summed E-state index contributed by atoms with van der Waals surface area (Å²) in [4.78, 5) is 12.4. The number of furan rings is 1. The molecule has 41 heavy (non-hydrogen) atoms. The number of hydrogen-bond acceptors (Lipinski definition) is 9. The number of rotatable bonds is 5. The minimum absolute atomic E-state index is 0.0723. The van der Waals surface area contributed by atoms with Crippen LogP contribution >= 0.6 is 0 Å². The van der Waals surface area contributed by atoms with Crippen molar-refractivity contribution in [2.45, 2.75) is 49.4 Å². The summed E-state index contributed by atoms with van der Waals surface area (Å²) in [6.45, 7) is 1.05. The van der Waals surface area contributed by atoms with Crippen molar-refractivity contribution in [1.82, 2.24) is 15.0 Å². The third kappa shape index (κ3) is 4.13. The summed E-state index contributed by atoms with van der Waals surface area (Å²) in [5, 5.41) is 41.3. The number of benzene rings is 2. The highest BCUT2D eigenvalue weighted by atomic mass is 19.2. The zero-order valence-electron chi connectivity index (χ0n) is 21.5. The second kappa shape index (κ2) is 9.92. The van der Waals surface area contributed by atoms with Crippen LogP contribution in [0.1, 0.15) is 40.1 Å². The number of hydrogen-bond donors (Lipinski definition) is 4. The quantitative estimate of drug-likeness (QED) is 0.261. The number of fused-ring (bicyclic) bond motifs is 1. The molecule has 2 aromatic heterocycles. The molecular formula is C27H25F3N4O7. The third-order valence-corrected chi connectivity index (χ3v) is 7.84. The van der Waals surface area contributed by atoms with Crippen molar-refractivity contribution in [3.63, 3.8) is 0 Å². The highest BCUT2D eigenvalue weighted by Crippen LogP contribution is 2.52. The minimum Gasteiger partial charge on any atom is -0.461 e. The first-order valence-electron chi connectivity index (χ1n) is 12.7. The first kappa shape index (κ1) is 27.4. The molecule has 1 amide bonds. The Morgan fingerprint density at radius 3 is 2.63 bits per heavy atom. The van der Waals surface area contributed by atoms with Gasteiger partial charge < -0.3 is 34.9 Å². The van der Waals surface area contributed by atoms with E-state index in [0.717, 1.165) is 16.8 Å². The number of carbonyl (C=O) groups is 1. The average Bonchev–Trinajstić information content (AvgIpc) is 3.66. The number of aliphatic hydroxyl groups excluding tert-OH is 3. The first-order chi connectivity index (χ1) is 19.6. The van der Waals surface area contributed by atoms with Crippen molar-refractivity contribution < 1.29 is 47.2 Å². The molecule has 0 radical (unpaired) electrons. The van der Waals surface area contributed by atoms with Crippen LogP contribution in [-0.4, -0.2) is 73.5 Å². The summed E-state index contributed by atoms with van der Waals surface area (Å²) < 4.78 is 60.2.